The first-order chi connectivity index (χ1) is 11.9. The number of aliphatic hydroxyl groups excluding tert-OH is 1. The zero-order valence-corrected chi connectivity index (χ0v) is 14.8. The number of aliphatic hydroxyl groups is 1. The number of hydrogen-bond donors (Lipinski definition) is 2. The van der Waals surface area contributed by atoms with Crippen molar-refractivity contribution in [3.05, 3.63) is 66.0 Å². The molecule has 0 spiro atoms. The van der Waals surface area contributed by atoms with Gasteiger partial charge in [0.2, 0.25) is 5.91 Å². The van der Waals surface area contributed by atoms with E-state index in [-0.39, 0.29) is 23.8 Å². The maximum absolute atomic E-state index is 13.0. The van der Waals surface area contributed by atoms with E-state index in [1.807, 2.05) is 44.2 Å². The van der Waals surface area contributed by atoms with Crippen LogP contribution in [0.5, 0.6) is 0 Å². The lowest BCUT2D eigenvalue weighted by molar-refractivity contribution is -0.118. The fourth-order valence-corrected chi connectivity index (χ4v) is 2.74. The van der Waals surface area contributed by atoms with Crippen molar-refractivity contribution >= 4 is 11.6 Å². The first-order valence-electron chi connectivity index (χ1n) is 8.39. The Morgan fingerprint density at radius 2 is 1.72 bits per heavy atom. The second kappa shape index (κ2) is 8.74. The monoisotopic (exact) mass is 344 g/mol. The third-order valence-corrected chi connectivity index (χ3v) is 4.23. The zero-order chi connectivity index (χ0) is 18.4. The molecule has 0 aliphatic rings. The van der Waals surface area contributed by atoms with Gasteiger partial charge in [0.05, 0.1) is 6.10 Å². The van der Waals surface area contributed by atoms with Crippen LogP contribution in [0.3, 0.4) is 0 Å². The van der Waals surface area contributed by atoms with Crippen molar-refractivity contribution in [3.8, 4) is 0 Å². The summed E-state index contributed by atoms with van der Waals surface area (Å²) in [6.07, 6.45) is -0.462. The normalized spacial score (nSPS) is 14.6. The van der Waals surface area contributed by atoms with Gasteiger partial charge < -0.3 is 15.3 Å². The highest BCUT2D eigenvalue weighted by Crippen LogP contribution is 2.18. The maximum Gasteiger partial charge on any atom is 0.228 e. The Morgan fingerprint density at radius 3 is 2.32 bits per heavy atom. The molecule has 1 amide bonds. The highest BCUT2D eigenvalue weighted by atomic mass is 19.1. The lowest BCUT2D eigenvalue weighted by Crippen LogP contribution is -2.41. The van der Waals surface area contributed by atoms with Crippen molar-refractivity contribution in [2.45, 2.75) is 38.5 Å². The predicted molar refractivity (Wildman–Crippen MR) is 97.9 cm³/mol. The summed E-state index contributed by atoms with van der Waals surface area (Å²) in [6, 6.07) is 14.9. The molecular weight excluding hydrogens is 319 g/mol. The van der Waals surface area contributed by atoms with E-state index in [1.165, 1.54) is 12.1 Å². The molecule has 5 heteroatoms. The summed E-state index contributed by atoms with van der Waals surface area (Å²) < 4.78 is 13.0. The van der Waals surface area contributed by atoms with Gasteiger partial charge in [-0.2, -0.15) is 0 Å². The minimum Gasteiger partial charge on any atom is -0.387 e. The highest BCUT2D eigenvalue weighted by Gasteiger charge is 2.21. The van der Waals surface area contributed by atoms with E-state index in [4.69, 9.17) is 0 Å². The van der Waals surface area contributed by atoms with Gasteiger partial charge in [-0.25, -0.2) is 4.39 Å². The Bertz CT molecular complexity index is 676. The third kappa shape index (κ3) is 5.37. The molecule has 0 radical (unpaired) electrons. The molecule has 0 heterocycles. The quantitative estimate of drug-likeness (QED) is 0.810. The lowest BCUT2D eigenvalue weighted by atomic mass is 10.0. The molecule has 25 heavy (non-hydrogen) atoms. The van der Waals surface area contributed by atoms with Crippen LogP contribution in [0.2, 0.25) is 0 Å². The minimum atomic E-state index is -0.773. The Morgan fingerprint density at radius 1 is 1.12 bits per heavy atom. The molecule has 0 aromatic heterocycles. The molecule has 0 bridgehead atoms. The fraction of sp³-hybridized carbons (Fsp3) is 0.350. The molecule has 0 saturated carbocycles. The first-order valence-corrected chi connectivity index (χ1v) is 8.39. The second-order valence-corrected chi connectivity index (χ2v) is 6.35. The standard InChI is InChI=1S/C20H25FN2O2/c1-14(13-19(24)23(3)18-7-5-4-6-8-18)22-15(2)20(25)16-9-11-17(21)12-10-16/h4-12,14-15,20,22,25H,13H2,1-3H3. The number of amides is 1. The van der Waals surface area contributed by atoms with Crippen molar-refractivity contribution < 1.29 is 14.3 Å². The molecule has 3 unspecified atom stereocenters. The van der Waals surface area contributed by atoms with Crippen molar-refractivity contribution in [1.82, 2.24) is 5.32 Å². The van der Waals surface area contributed by atoms with Crippen LogP contribution >= 0.6 is 0 Å². The Labute approximate surface area is 148 Å². The van der Waals surface area contributed by atoms with E-state index in [9.17, 15) is 14.3 Å². The smallest absolute Gasteiger partial charge is 0.228 e. The molecule has 134 valence electrons. The van der Waals surface area contributed by atoms with Crippen LogP contribution in [-0.2, 0) is 4.79 Å². The summed E-state index contributed by atoms with van der Waals surface area (Å²) in [5.74, 6) is -0.339. The molecule has 0 fully saturated rings. The van der Waals surface area contributed by atoms with E-state index in [0.717, 1.165) is 5.69 Å². The van der Waals surface area contributed by atoms with Gasteiger partial charge in [0.1, 0.15) is 5.82 Å². The fourth-order valence-electron chi connectivity index (χ4n) is 2.74. The van der Waals surface area contributed by atoms with Crippen molar-refractivity contribution in [2.75, 3.05) is 11.9 Å². The van der Waals surface area contributed by atoms with Crippen molar-refractivity contribution in [2.24, 2.45) is 0 Å². The molecule has 2 rings (SSSR count). The lowest BCUT2D eigenvalue weighted by Gasteiger charge is -2.26. The summed E-state index contributed by atoms with van der Waals surface area (Å²) in [4.78, 5) is 14.0. The molecule has 2 N–H and O–H groups in total. The number of halogens is 1. The van der Waals surface area contributed by atoms with Crippen LogP contribution in [0.25, 0.3) is 0 Å². The van der Waals surface area contributed by atoms with Crippen LogP contribution in [0.15, 0.2) is 54.6 Å². The number of benzene rings is 2. The number of nitrogens with zero attached hydrogens (tertiary/aromatic N) is 1. The molecule has 4 nitrogen and oxygen atoms in total. The first kappa shape index (κ1) is 19.1. The van der Waals surface area contributed by atoms with Crippen LogP contribution in [0, 0.1) is 5.82 Å². The Balaban J connectivity index is 1.89. The summed E-state index contributed by atoms with van der Waals surface area (Å²) in [6.45, 7) is 3.75. The van der Waals surface area contributed by atoms with Crippen molar-refractivity contribution in [3.63, 3.8) is 0 Å². The molecule has 2 aromatic carbocycles. The SMILES string of the molecule is CC(CC(=O)N(C)c1ccccc1)NC(C)C(O)c1ccc(F)cc1. The average Bonchev–Trinajstić information content (AvgIpc) is 2.61. The average molecular weight is 344 g/mol. The summed E-state index contributed by atoms with van der Waals surface area (Å²) >= 11 is 0. The number of anilines is 1. The van der Waals surface area contributed by atoms with Gasteiger partial charge >= 0.3 is 0 Å². The van der Waals surface area contributed by atoms with Crippen LogP contribution in [0.1, 0.15) is 31.9 Å². The molecule has 3 atom stereocenters. The number of carbonyl (C=O) groups excluding carboxylic acids is 1. The van der Waals surface area contributed by atoms with Gasteiger partial charge in [-0.1, -0.05) is 30.3 Å². The van der Waals surface area contributed by atoms with Gasteiger partial charge in [-0.3, -0.25) is 4.79 Å². The zero-order valence-electron chi connectivity index (χ0n) is 14.8. The van der Waals surface area contributed by atoms with Crippen LogP contribution in [0.4, 0.5) is 10.1 Å². The molecule has 0 aliphatic carbocycles. The molecular formula is C20H25FN2O2. The summed E-state index contributed by atoms with van der Waals surface area (Å²) in [5, 5.41) is 13.6. The number of carbonyl (C=O) groups is 1. The highest BCUT2D eigenvalue weighted by molar-refractivity contribution is 5.93. The molecule has 2 aromatic rings. The van der Waals surface area contributed by atoms with Gasteiger partial charge in [-0.15, -0.1) is 0 Å². The van der Waals surface area contributed by atoms with Gasteiger partial charge in [0.25, 0.3) is 0 Å². The topological polar surface area (TPSA) is 52.6 Å². The second-order valence-electron chi connectivity index (χ2n) is 6.35. The molecule has 0 saturated heterocycles. The molecule has 0 aliphatic heterocycles. The van der Waals surface area contributed by atoms with Gasteiger partial charge in [-0.05, 0) is 43.7 Å². The van der Waals surface area contributed by atoms with Crippen LogP contribution in [-0.4, -0.2) is 30.1 Å². The number of hydrogen-bond acceptors (Lipinski definition) is 3. The number of para-hydroxylation sites is 1. The van der Waals surface area contributed by atoms with E-state index in [0.29, 0.717) is 12.0 Å². The number of rotatable bonds is 7. The Kier molecular flexibility index (Phi) is 6.67. The largest absolute Gasteiger partial charge is 0.387 e. The van der Waals surface area contributed by atoms with Gasteiger partial charge in [0.15, 0.2) is 0 Å². The predicted octanol–water partition coefficient (Wildman–Crippen LogP) is 3.28. The van der Waals surface area contributed by atoms with Crippen LogP contribution < -0.4 is 10.2 Å². The van der Waals surface area contributed by atoms with E-state index < -0.39 is 6.10 Å². The van der Waals surface area contributed by atoms with E-state index in [2.05, 4.69) is 5.32 Å². The van der Waals surface area contributed by atoms with Crippen molar-refractivity contribution in [1.29, 1.82) is 0 Å². The maximum atomic E-state index is 13.0. The van der Waals surface area contributed by atoms with Gasteiger partial charge in [0, 0.05) is 31.2 Å². The third-order valence-electron chi connectivity index (χ3n) is 4.23. The van der Waals surface area contributed by atoms with E-state index >= 15 is 0 Å². The number of nitrogens with one attached hydrogen (secondary N) is 1. The minimum absolute atomic E-state index is 0.00493. The Hall–Kier alpha value is -2.24. The summed E-state index contributed by atoms with van der Waals surface area (Å²) in [7, 11) is 1.75. The van der Waals surface area contributed by atoms with E-state index in [1.54, 1.807) is 24.1 Å². The summed E-state index contributed by atoms with van der Waals surface area (Å²) in [5.41, 5.74) is 1.49.